The molecule has 2 nitrogen and oxygen atoms in total. The van der Waals surface area contributed by atoms with E-state index in [-0.39, 0.29) is 0 Å². The highest BCUT2D eigenvalue weighted by Crippen LogP contribution is 2.40. The van der Waals surface area contributed by atoms with Crippen molar-refractivity contribution in [1.82, 2.24) is 4.98 Å². The highest BCUT2D eigenvalue weighted by Gasteiger charge is 2.33. The van der Waals surface area contributed by atoms with E-state index in [1.165, 1.54) is 62.6 Å². The molecule has 0 aliphatic heterocycles. The van der Waals surface area contributed by atoms with Crippen LogP contribution < -0.4 is 5.73 Å². The molecule has 2 heteroatoms. The Hall–Kier alpha value is -0.890. The normalized spacial score (nSPS) is 32.6. The third-order valence-corrected chi connectivity index (χ3v) is 4.88. The molecule has 0 saturated heterocycles. The standard InChI is InChI=1S/C16H24N2/c17-15-10-3-1-2-8-13(15)14-9-4-6-12-7-5-11-18-16(12)14/h5,7,11,13-15H,1-4,6,8-10,17H2. The van der Waals surface area contributed by atoms with Crippen LogP contribution in [0.15, 0.2) is 18.3 Å². The van der Waals surface area contributed by atoms with Crippen LogP contribution in [0.5, 0.6) is 0 Å². The Bertz CT molecular complexity index is 402. The molecule has 2 aliphatic rings. The Balaban J connectivity index is 1.88. The first-order valence-electron chi connectivity index (χ1n) is 7.55. The highest BCUT2D eigenvalue weighted by atomic mass is 14.7. The fraction of sp³-hybridized carbons (Fsp3) is 0.688. The molecule has 1 heterocycles. The number of hydrogen-bond acceptors (Lipinski definition) is 2. The number of aromatic nitrogens is 1. The van der Waals surface area contributed by atoms with Crippen LogP contribution in [0.1, 0.15) is 62.1 Å². The number of aryl methyl sites for hydroxylation is 1. The third kappa shape index (κ3) is 2.31. The Kier molecular flexibility index (Phi) is 3.64. The maximum absolute atomic E-state index is 6.44. The van der Waals surface area contributed by atoms with Crippen molar-refractivity contribution in [3.8, 4) is 0 Å². The van der Waals surface area contributed by atoms with Crippen LogP contribution in [0.2, 0.25) is 0 Å². The molecule has 0 bridgehead atoms. The average Bonchev–Trinajstić information content (AvgIpc) is 2.63. The van der Waals surface area contributed by atoms with Crippen LogP contribution in [-0.4, -0.2) is 11.0 Å². The van der Waals surface area contributed by atoms with Crippen LogP contribution in [0.3, 0.4) is 0 Å². The van der Waals surface area contributed by atoms with Gasteiger partial charge in [0.15, 0.2) is 0 Å². The van der Waals surface area contributed by atoms with Crippen LogP contribution >= 0.6 is 0 Å². The van der Waals surface area contributed by atoms with Crippen molar-refractivity contribution in [2.45, 2.75) is 63.3 Å². The average molecular weight is 244 g/mol. The topological polar surface area (TPSA) is 38.9 Å². The van der Waals surface area contributed by atoms with E-state index in [9.17, 15) is 0 Å². The number of nitrogens with zero attached hydrogens (tertiary/aromatic N) is 1. The van der Waals surface area contributed by atoms with E-state index in [0.29, 0.717) is 17.9 Å². The lowest BCUT2D eigenvalue weighted by molar-refractivity contribution is 0.299. The van der Waals surface area contributed by atoms with Crippen molar-refractivity contribution in [2.24, 2.45) is 11.7 Å². The molecule has 2 N–H and O–H groups in total. The molecule has 2 aliphatic carbocycles. The van der Waals surface area contributed by atoms with Gasteiger partial charge in [-0.25, -0.2) is 0 Å². The van der Waals surface area contributed by atoms with Gasteiger partial charge in [0.1, 0.15) is 0 Å². The van der Waals surface area contributed by atoms with Gasteiger partial charge in [-0.3, -0.25) is 4.98 Å². The molecule has 3 atom stereocenters. The van der Waals surface area contributed by atoms with Gasteiger partial charge < -0.3 is 5.73 Å². The first kappa shape index (κ1) is 12.2. The first-order chi connectivity index (χ1) is 8.86. The van der Waals surface area contributed by atoms with Gasteiger partial charge in [0.25, 0.3) is 0 Å². The monoisotopic (exact) mass is 244 g/mol. The lowest BCUT2D eigenvalue weighted by Crippen LogP contribution is -2.35. The molecule has 3 unspecified atom stereocenters. The van der Waals surface area contributed by atoms with Gasteiger partial charge in [-0.15, -0.1) is 0 Å². The second kappa shape index (κ2) is 5.40. The predicted molar refractivity (Wildman–Crippen MR) is 74.5 cm³/mol. The van der Waals surface area contributed by atoms with Crippen LogP contribution in [0.4, 0.5) is 0 Å². The van der Waals surface area contributed by atoms with Crippen LogP contribution in [0.25, 0.3) is 0 Å². The maximum Gasteiger partial charge on any atom is 0.0469 e. The smallest absolute Gasteiger partial charge is 0.0469 e. The maximum atomic E-state index is 6.44. The second-order valence-corrected chi connectivity index (χ2v) is 6.01. The molecule has 1 saturated carbocycles. The van der Waals surface area contributed by atoms with E-state index in [0.717, 1.165) is 0 Å². The summed E-state index contributed by atoms with van der Waals surface area (Å²) in [5.41, 5.74) is 9.28. The molecule has 1 aromatic heterocycles. The molecule has 0 amide bonds. The lowest BCUT2D eigenvalue weighted by Gasteiger charge is -2.34. The van der Waals surface area contributed by atoms with E-state index < -0.39 is 0 Å². The van der Waals surface area contributed by atoms with Crippen molar-refractivity contribution in [2.75, 3.05) is 0 Å². The zero-order valence-electron chi connectivity index (χ0n) is 11.1. The Labute approximate surface area is 110 Å². The predicted octanol–water partition coefficient (Wildman–Crippen LogP) is 3.41. The summed E-state index contributed by atoms with van der Waals surface area (Å²) >= 11 is 0. The van der Waals surface area contributed by atoms with Crippen molar-refractivity contribution < 1.29 is 0 Å². The summed E-state index contributed by atoms with van der Waals surface area (Å²) in [6.45, 7) is 0. The number of fused-ring (bicyclic) bond motifs is 1. The Morgan fingerprint density at radius 2 is 1.94 bits per heavy atom. The van der Waals surface area contributed by atoms with E-state index in [2.05, 4.69) is 17.1 Å². The van der Waals surface area contributed by atoms with E-state index in [1.54, 1.807) is 0 Å². The molecule has 18 heavy (non-hydrogen) atoms. The van der Waals surface area contributed by atoms with E-state index in [1.807, 2.05) is 6.20 Å². The molecule has 0 radical (unpaired) electrons. The number of pyridine rings is 1. The van der Waals surface area contributed by atoms with Gasteiger partial charge in [0.2, 0.25) is 0 Å². The number of hydrogen-bond donors (Lipinski definition) is 1. The van der Waals surface area contributed by atoms with Gasteiger partial charge in [-0.05, 0) is 49.7 Å². The minimum absolute atomic E-state index is 0.394. The fourth-order valence-corrected chi connectivity index (χ4v) is 3.93. The Morgan fingerprint density at radius 1 is 1.06 bits per heavy atom. The molecule has 1 fully saturated rings. The fourth-order valence-electron chi connectivity index (χ4n) is 3.93. The highest BCUT2D eigenvalue weighted by molar-refractivity contribution is 5.27. The first-order valence-corrected chi connectivity index (χ1v) is 7.55. The molecule has 3 rings (SSSR count). The molecule has 1 aromatic rings. The summed E-state index contributed by atoms with van der Waals surface area (Å²) in [6, 6.07) is 4.73. The summed E-state index contributed by atoms with van der Waals surface area (Å²) < 4.78 is 0. The zero-order valence-corrected chi connectivity index (χ0v) is 11.1. The van der Waals surface area contributed by atoms with Gasteiger partial charge in [0.05, 0.1) is 0 Å². The lowest BCUT2D eigenvalue weighted by atomic mass is 9.74. The van der Waals surface area contributed by atoms with Crippen molar-refractivity contribution >= 4 is 0 Å². The summed E-state index contributed by atoms with van der Waals surface area (Å²) in [4.78, 5) is 4.69. The molecular formula is C16H24N2. The van der Waals surface area contributed by atoms with Gasteiger partial charge in [-0.1, -0.05) is 25.3 Å². The van der Waals surface area contributed by atoms with Gasteiger partial charge in [0, 0.05) is 23.9 Å². The van der Waals surface area contributed by atoms with Crippen LogP contribution in [-0.2, 0) is 6.42 Å². The largest absolute Gasteiger partial charge is 0.327 e. The molecule has 98 valence electrons. The second-order valence-electron chi connectivity index (χ2n) is 6.01. The van der Waals surface area contributed by atoms with Crippen molar-refractivity contribution in [3.63, 3.8) is 0 Å². The Morgan fingerprint density at radius 3 is 2.89 bits per heavy atom. The number of nitrogens with two attached hydrogens (primary N) is 1. The summed E-state index contributed by atoms with van der Waals surface area (Å²) in [5, 5.41) is 0. The van der Waals surface area contributed by atoms with Crippen LogP contribution in [0, 0.1) is 5.92 Å². The minimum atomic E-state index is 0.394. The summed E-state index contributed by atoms with van der Waals surface area (Å²) in [7, 11) is 0. The molecular weight excluding hydrogens is 220 g/mol. The van der Waals surface area contributed by atoms with Gasteiger partial charge in [-0.2, -0.15) is 0 Å². The quantitative estimate of drug-likeness (QED) is 0.769. The molecule has 0 aromatic carbocycles. The van der Waals surface area contributed by atoms with E-state index in [4.69, 9.17) is 5.73 Å². The van der Waals surface area contributed by atoms with Gasteiger partial charge >= 0.3 is 0 Å². The summed E-state index contributed by atoms with van der Waals surface area (Å²) in [6.07, 6.45) is 12.3. The third-order valence-electron chi connectivity index (χ3n) is 4.88. The van der Waals surface area contributed by atoms with Crippen molar-refractivity contribution in [1.29, 1.82) is 0 Å². The summed E-state index contributed by atoms with van der Waals surface area (Å²) in [5.74, 6) is 1.30. The van der Waals surface area contributed by atoms with Crippen molar-refractivity contribution in [3.05, 3.63) is 29.6 Å². The van der Waals surface area contributed by atoms with E-state index >= 15 is 0 Å². The minimum Gasteiger partial charge on any atom is -0.327 e. The zero-order chi connectivity index (χ0) is 12.4. The molecule has 0 spiro atoms. The SMILES string of the molecule is NC1CCCCCC1C1CCCc2cccnc21. The number of rotatable bonds is 1.